The predicted octanol–water partition coefficient (Wildman–Crippen LogP) is 5.27. The van der Waals surface area contributed by atoms with Crippen molar-refractivity contribution in [1.29, 1.82) is 0 Å². The van der Waals surface area contributed by atoms with Gasteiger partial charge in [0, 0.05) is 12.1 Å². The first kappa shape index (κ1) is 20.1. The number of aryl methyl sites for hydroxylation is 1. The highest BCUT2D eigenvalue weighted by Gasteiger charge is 2.31. The van der Waals surface area contributed by atoms with Gasteiger partial charge in [-0.15, -0.1) is 13.2 Å². The number of benzene rings is 2. The summed E-state index contributed by atoms with van der Waals surface area (Å²) in [7, 11) is 1.64. The number of hydrogen-bond acceptors (Lipinski definition) is 3. The van der Waals surface area contributed by atoms with Crippen LogP contribution in [0, 0.1) is 0 Å². The minimum Gasteiger partial charge on any atom is -0.497 e. The van der Waals surface area contributed by atoms with E-state index in [1.807, 2.05) is 24.3 Å². The van der Waals surface area contributed by atoms with E-state index >= 15 is 0 Å². The second kappa shape index (κ2) is 8.94. The summed E-state index contributed by atoms with van der Waals surface area (Å²) in [6, 6.07) is 14.3. The molecule has 0 aliphatic rings. The van der Waals surface area contributed by atoms with Crippen molar-refractivity contribution in [2.24, 2.45) is 0 Å². The third-order valence-electron chi connectivity index (χ3n) is 4.13. The molecule has 26 heavy (non-hydrogen) atoms. The number of nitrogens with one attached hydrogen (secondary N) is 1. The van der Waals surface area contributed by atoms with Gasteiger partial charge in [-0.25, -0.2) is 0 Å². The van der Waals surface area contributed by atoms with Crippen LogP contribution in [0.3, 0.4) is 0 Å². The summed E-state index contributed by atoms with van der Waals surface area (Å²) in [5.41, 5.74) is 1.94. The molecule has 0 radical (unpaired) electrons. The minimum absolute atomic E-state index is 0.139. The van der Waals surface area contributed by atoms with Crippen molar-refractivity contribution in [3.05, 3.63) is 59.7 Å². The SMILES string of the molecule is COc1cccc([C@@H](C)NC(C)CCc2cccc(OC(F)(F)F)c2)c1. The van der Waals surface area contributed by atoms with Crippen molar-refractivity contribution >= 4 is 0 Å². The average Bonchev–Trinajstić information content (AvgIpc) is 2.59. The van der Waals surface area contributed by atoms with Crippen LogP contribution in [0.2, 0.25) is 0 Å². The van der Waals surface area contributed by atoms with Gasteiger partial charge in [0.2, 0.25) is 0 Å². The molecule has 0 heterocycles. The quantitative estimate of drug-likeness (QED) is 0.690. The molecule has 142 valence electrons. The fourth-order valence-corrected chi connectivity index (χ4v) is 2.80. The van der Waals surface area contributed by atoms with Gasteiger partial charge >= 0.3 is 6.36 Å². The molecule has 0 spiro atoms. The number of rotatable bonds is 8. The smallest absolute Gasteiger partial charge is 0.497 e. The van der Waals surface area contributed by atoms with Gasteiger partial charge in [-0.1, -0.05) is 24.3 Å². The highest BCUT2D eigenvalue weighted by atomic mass is 19.4. The molecule has 1 N–H and O–H groups in total. The Hall–Kier alpha value is -2.21. The Morgan fingerprint density at radius 2 is 1.69 bits per heavy atom. The van der Waals surface area contributed by atoms with E-state index < -0.39 is 6.36 Å². The zero-order valence-corrected chi connectivity index (χ0v) is 15.1. The average molecular weight is 367 g/mol. The van der Waals surface area contributed by atoms with Crippen LogP contribution in [0.15, 0.2) is 48.5 Å². The molecule has 0 amide bonds. The summed E-state index contributed by atoms with van der Waals surface area (Å²) in [4.78, 5) is 0. The second-order valence-electron chi connectivity index (χ2n) is 6.30. The highest BCUT2D eigenvalue weighted by molar-refractivity contribution is 5.30. The Balaban J connectivity index is 1.88. The molecular weight excluding hydrogens is 343 g/mol. The Bertz CT molecular complexity index is 703. The molecule has 6 heteroatoms. The van der Waals surface area contributed by atoms with E-state index in [0.29, 0.717) is 6.42 Å². The molecule has 0 aliphatic carbocycles. The molecule has 3 nitrogen and oxygen atoms in total. The highest BCUT2D eigenvalue weighted by Crippen LogP contribution is 2.24. The summed E-state index contributed by atoms with van der Waals surface area (Å²) in [6.07, 6.45) is -3.21. The lowest BCUT2D eigenvalue weighted by atomic mass is 10.0. The zero-order chi connectivity index (χ0) is 19.2. The summed E-state index contributed by atoms with van der Waals surface area (Å²) < 4.78 is 46.1. The molecule has 2 atom stereocenters. The van der Waals surface area contributed by atoms with Gasteiger partial charge in [0.05, 0.1) is 7.11 Å². The van der Waals surface area contributed by atoms with Crippen molar-refractivity contribution in [2.75, 3.05) is 7.11 Å². The normalized spacial score (nSPS) is 13.9. The molecule has 0 bridgehead atoms. The summed E-state index contributed by atoms with van der Waals surface area (Å²) in [6.45, 7) is 4.13. The molecule has 0 aliphatic heterocycles. The summed E-state index contributed by atoms with van der Waals surface area (Å²) in [5, 5.41) is 3.50. The third kappa shape index (κ3) is 6.59. The van der Waals surface area contributed by atoms with E-state index in [-0.39, 0.29) is 17.8 Å². The van der Waals surface area contributed by atoms with Crippen LogP contribution in [0.25, 0.3) is 0 Å². The number of halogens is 3. The van der Waals surface area contributed by atoms with E-state index in [0.717, 1.165) is 23.3 Å². The molecule has 0 fully saturated rings. The van der Waals surface area contributed by atoms with Crippen LogP contribution in [-0.2, 0) is 6.42 Å². The first-order chi connectivity index (χ1) is 12.3. The van der Waals surface area contributed by atoms with E-state index in [2.05, 4.69) is 23.9 Å². The van der Waals surface area contributed by atoms with Crippen LogP contribution in [0.1, 0.15) is 37.4 Å². The van der Waals surface area contributed by atoms with Crippen LogP contribution >= 0.6 is 0 Å². The topological polar surface area (TPSA) is 30.5 Å². The standard InChI is InChI=1S/C20H24F3NO2/c1-14(24-15(2)17-7-5-8-18(13-17)25-3)10-11-16-6-4-9-19(12-16)26-20(21,22)23/h4-9,12-15,24H,10-11H2,1-3H3/t14?,15-/m1/s1. The summed E-state index contributed by atoms with van der Waals surface area (Å²) in [5.74, 6) is 0.630. The van der Waals surface area contributed by atoms with Crippen LogP contribution in [0.4, 0.5) is 13.2 Å². The van der Waals surface area contributed by atoms with Gasteiger partial charge < -0.3 is 14.8 Å². The van der Waals surface area contributed by atoms with Crippen molar-refractivity contribution in [3.8, 4) is 11.5 Å². The summed E-state index contributed by atoms with van der Waals surface area (Å²) >= 11 is 0. The lowest BCUT2D eigenvalue weighted by Gasteiger charge is -2.21. The third-order valence-corrected chi connectivity index (χ3v) is 4.13. The molecule has 2 aromatic rings. The zero-order valence-electron chi connectivity index (χ0n) is 15.1. The Morgan fingerprint density at radius 1 is 1.00 bits per heavy atom. The van der Waals surface area contributed by atoms with E-state index in [4.69, 9.17) is 4.74 Å². The maximum absolute atomic E-state index is 12.3. The fraction of sp³-hybridized carbons (Fsp3) is 0.400. The lowest BCUT2D eigenvalue weighted by molar-refractivity contribution is -0.274. The first-order valence-corrected chi connectivity index (χ1v) is 8.51. The van der Waals surface area contributed by atoms with Crippen LogP contribution in [-0.4, -0.2) is 19.5 Å². The van der Waals surface area contributed by atoms with E-state index in [1.54, 1.807) is 19.2 Å². The van der Waals surface area contributed by atoms with Gasteiger partial charge in [-0.3, -0.25) is 0 Å². The maximum atomic E-state index is 12.3. The molecule has 1 unspecified atom stereocenters. The Morgan fingerprint density at radius 3 is 2.38 bits per heavy atom. The van der Waals surface area contributed by atoms with Crippen LogP contribution < -0.4 is 14.8 Å². The number of ether oxygens (including phenoxy) is 2. The van der Waals surface area contributed by atoms with Gasteiger partial charge in [-0.05, 0) is 62.1 Å². The largest absolute Gasteiger partial charge is 0.573 e. The number of alkyl halides is 3. The van der Waals surface area contributed by atoms with Gasteiger partial charge in [0.1, 0.15) is 11.5 Å². The van der Waals surface area contributed by atoms with Gasteiger partial charge in [0.25, 0.3) is 0 Å². The Labute approximate surface area is 152 Å². The molecular formula is C20H24F3NO2. The van der Waals surface area contributed by atoms with E-state index in [1.165, 1.54) is 12.1 Å². The van der Waals surface area contributed by atoms with Crippen molar-refractivity contribution in [3.63, 3.8) is 0 Å². The molecule has 2 rings (SSSR count). The molecule has 0 saturated carbocycles. The number of hydrogen-bond donors (Lipinski definition) is 1. The second-order valence-corrected chi connectivity index (χ2v) is 6.30. The first-order valence-electron chi connectivity index (χ1n) is 8.51. The molecule has 2 aromatic carbocycles. The number of methoxy groups -OCH3 is 1. The van der Waals surface area contributed by atoms with E-state index in [9.17, 15) is 13.2 Å². The van der Waals surface area contributed by atoms with Crippen molar-refractivity contribution in [2.45, 2.75) is 45.1 Å². The van der Waals surface area contributed by atoms with Crippen molar-refractivity contribution in [1.82, 2.24) is 5.32 Å². The Kier molecular flexibility index (Phi) is 6.91. The molecule has 0 aromatic heterocycles. The maximum Gasteiger partial charge on any atom is 0.573 e. The lowest BCUT2D eigenvalue weighted by Crippen LogP contribution is -2.29. The van der Waals surface area contributed by atoms with Crippen LogP contribution in [0.5, 0.6) is 11.5 Å². The predicted molar refractivity (Wildman–Crippen MR) is 95.5 cm³/mol. The fourth-order valence-electron chi connectivity index (χ4n) is 2.80. The van der Waals surface area contributed by atoms with Gasteiger partial charge in [0.15, 0.2) is 0 Å². The molecule has 0 saturated heterocycles. The van der Waals surface area contributed by atoms with Gasteiger partial charge in [-0.2, -0.15) is 0 Å². The minimum atomic E-state index is -4.67. The monoisotopic (exact) mass is 367 g/mol. The van der Waals surface area contributed by atoms with Crippen molar-refractivity contribution < 1.29 is 22.6 Å².